The standard InChI is InChI=1S/C12H20ClN3O2S/c1-12(2,3)10-9(19-16-15-10)11(17)14-6-4-7-18-8-5-13/h4-8H2,1-3H3,(H,14,17). The van der Waals surface area contributed by atoms with Gasteiger partial charge in [-0.3, -0.25) is 4.79 Å². The van der Waals surface area contributed by atoms with Crippen molar-refractivity contribution in [2.75, 3.05) is 25.6 Å². The Labute approximate surface area is 122 Å². The molecule has 0 radical (unpaired) electrons. The molecule has 0 saturated carbocycles. The van der Waals surface area contributed by atoms with Crippen LogP contribution in [0.5, 0.6) is 0 Å². The van der Waals surface area contributed by atoms with Gasteiger partial charge in [-0.1, -0.05) is 25.3 Å². The van der Waals surface area contributed by atoms with Crippen LogP contribution in [0.15, 0.2) is 0 Å². The van der Waals surface area contributed by atoms with Gasteiger partial charge in [0.05, 0.1) is 12.3 Å². The Bertz CT molecular complexity index is 404. The fourth-order valence-corrected chi connectivity index (χ4v) is 2.35. The molecule has 0 atom stereocenters. The van der Waals surface area contributed by atoms with E-state index < -0.39 is 0 Å². The van der Waals surface area contributed by atoms with Crippen molar-refractivity contribution in [1.82, 2.24) is 14.9 Å². The molecule has 1 amide bonds. The van der Waals surface area contributed by atoms with Gasteiger partial charge in [-0.2, -0.15) is 0 Å². The Morgan fingerprint density at radius 2 is 2.16 bits per heavy atom. The first-order chi connectivity index (χ1) is 8.96. The first kappa shape index (κ1) is 16.3. The highest BCUT2D eigenvalue weighted by Gasteiger charge is 2.25. The van der Waals surface area contributed by atoms with Gasteiger partial charge in [0.1, 0.15) is 4.88 Å². The van der Waals surface area contributed by atoms with Crippen LogP contribution in [0.2, 0.25) is 0 Å². The number of halogens is 1. The average molecular weight is 306 g/mol. The van der Waals surface area contributed by atoms with Gasteiger partial charge in [-0.25, -0.2) is 0 Å². The summed E-state index contributed by atoms with van der Waals surface area (Å²) >= 11 is 6.62. The molecule has 7 heteroatoms. The van der Waals surface area contributed by atoms with Gasteiger partial charge in [0.25, 0.3) is 5.91 Å². The Morgan fingerprint density at radius 1 is 1.42 bits per heavy atom. The van der Waals surface area contributed by atoms with E-state index in [1.807, 2.05) is 20.8 Å². The summed E-state index contributed by atoms with van der Waals surface area (Å²) in [5.74, 6) is 0.380. The molecule has 0 aliphatic heterocycles. The second-order valence-corrected chi connectivity index (χ2v) is 6.24. The van der Waals surface area contributed by atoms with E-state index in [4.69, 9.17) is 16.3 Å². The molecule has 0 aliphatic rings. The molecule has 0 spiro atoms. The van der Waals surface area contributed by atoms with Gasteiger partial charge in [0.2, 0.25) is 0 Å². The number of carbonyl (C=O) groups excluding carboxylic acids is 1. The van der Waals surface area contributed by atoms with E-state index in [2.05, 4.69) is 14.9 Å². The summed E-state index contributed by atoms with van der Waals surface area (Å²) in [5, 5.41) is 6.90. The van der Waals surface area contributed by atoms with E-state index in [-0.39, 0.29) is 11.3 Å². The molecule has 0 aliphatic carbocycles. The van der Waals surface area contributed by atoms with E-state index in [1.54, 1.807) is 0 Å². The lowest BCUT2D eigenvalue weighted by molar-refractivity contribution is 0.0946. The summed E-state index contributed by atoms with van der Waals surface area (Å²) in [6.07, 6.45) is 0.764. The Balaban J connectivity index is 2.40. The van der Waals surface area contributed by atoms with Crippen LogP contribution in [-0.4, -0.2) is 41.1 Å². The molecule has 1 N–H and O–H groups in total. The molecule has 19 heavy (non-hydrogen) atoms. The number of hydrogen-bond donors (Lipinski definition) is 1. The number of hydrogen-bond acceptors (Lipinski definition) is 5. The number of nitrogens with zero attached hydrogens (tertiary/aromatic N) is 2. The molecule has 108 valence electrons. The van der Waals surface area contributed by atoms with E-state index in [9.17, 15) is 4.79 Å². The van der Waals surface area contributed by atoms with Gasteiger partial charge < -0.3 is 10.1 Å². The molecule has 0 unspecified atom stereocenters. The maximum atomic E-state index is 12.0. The number of aromatic nitrogens is 2. The minimum Gasteiger partial charge on any atom is -0.380 e. The molecule has 1 aromatic rings. The van der Waals surface area contributed by atoms with E-state index in [1.165, 1.54) is 0 Å². The maximum absolute atomic E-state index is 12.0. The van der Waals surface area contributed by atoms with Crippen LogP contribution >= 0.6 is 23.1 Å². The van der Waals surface area contributed by atoms with Gasteiger partial charge in [-0.05, 0) is 18.0 Å². The van der Waals surface area contributed by atoms with E-state index >= 15 is 0 Å². The van der Waals surface area contributed by atoms with Gasteiger partial charge in [0.15, 0.2) is 0 Å². The third-order valence-electron chi connectivity index (χ3n) is 2.38. The van der Waals surface area contributed by atoms with Crippen molar-refractivity contribution in [2.45, 2.75) is 32.6 Å². The van der Waals surface area contributed by atoms with Crippen LogP contribution in [0.3, 0.4) is 0 Å². The Morgan fingerprint density at radius 3 is 2.79 bits per heavy atom. The van der Waals surface area contributed by atoms with E-state index in [0.717, 1.165) is 23.6 Å². The van der Waals surface area contributed by atoms with Crippen molar-refractivity contribution in [3.63, 3.8) is 0 Å². The summed E-state index contributed by atoms with van der Waals surface area (Å²) in [6.45, 7) is 7.76. The number of ether oxygens (including phenoxy) is 1. The van der Waals surface area contributed by atoms with Crippen molar-refractivity contribution < 1.29 is 9.53 Å². The van der Waals surface area contributed by atoms with Crippen LogP contribution in [0, 0.1) is 0 Å². The first-order valence-electron chi connectivity index (χ1n) is 6.21. The van der Waals surface area contributed by atoms with Crippen LogP contribution in [0.4, 0.5) is 0 Å². The first-order valence-corrected chi connectivity index (χ1v) is 7.52. The molecular weight excluding hydrogens is 286 g/mol. The van der Waals surface area contributed by atoms with Crippen molar-refractivity contribution >= 4 is 29.0 Å². The monoisotopic (exact) mass is 305 g/mol. The second-order valence-electron chi connectivity index (χ2n) is 5.11. The molecule has 0 bridgehead atoms. The molecule has 0 aromatic carbocycles. The molecular formula is C12H20ClN3O2S. The summed E-state index contributed by atoms with van der Waals surface area (Å²) in [6, 6.07) is 0. The minimum atomic E-state index is -0.177. The quantitative estimate of drug-likeness (QED) is 0.619. The zero-order valence-corrected chi connectivity index (χ0v) is 13.1. The number of alkyl halides is 1. The molecule has 1 rings (SSSR count). The summed E-state index contributed by atoms with van der Waals surface area (Å²) in [4.78, 5) is 12.6. The lowest BCUT2D eigenvalue weighted by atomic mass is 9.91. The zero-order valence-electron chi connectivity index (χ0n) is 11.5. The summed E-state index contributed by atoms with van der Waals surface area (Å²) in [7, 11) is 0. The third-order valence-corrected chi connectivity index (χ3v) is 3.26. The summed E-state index contributed by atoms with van der Waals surface area (Å²) < 4.78 is 9.10. The van der Waals surface area contributed by atoms with Crippen molar-refractivity contribution in [3.05, 3.63) is 10.6 Å². The van der Waals surface area contributed by atoms with Gasteiger partial charge >= 0.3 is 0 Å². The highest BCUT2D eigenvalue weighted by Crippen LogP contribution is 2.25. The fraction of sp³-hybridized carbons (Fsp3) is 0.750. The van der Waals surface area contributed by atoms with Crippen LogP contribution in [-0.2, 0) is 10.2 Å². The van der Waals surface area contributed by atoms with Gasteiger partial charge in [0, 0.05) is 24.4 Å². The van der Waals surface area contributed by atoms with E-state index in [0.29, 0.717) is 30.5 Å². The highest BCUT2D eigenvalue weighted by molar-refractivity contribution is 7.08. The Hall–Kier alpha value is -0.720. The lowest BCUT2D eigenvalue weighted by Gasteiger charge is -2.16. The SMILES string of the molecule is CC(C)(C)c1nnsc1C(=O)NCCCOCCCl. The minimum absolute atomic E-state index is 0.114. The van der Waals surface area contributed by atoms with Gasteiger partial charge in [-0.15, -0.1) is 16.7 Å². The van der Waals surface area contributed by atoms with Crippen molar-refractivity contribution in [3.8, 4) is 0 Å². The molecule has 1 aromatic heterocycles. The van der Waals surface area contributed by atoms with Crippen LogP contribution in [0.25, 0.3) is 0 Å². The maximum Gasteiger partial charge on any atom is 0.264 e. The highest BCUT2D eigenvalue weighted by atomic mass is 35.5. The zero-order chi connectivity index (χ0) is 14.3. The number of amides is 1. The predicted octanol–water partition coefficient (Wildman–Crippen LogP) is 2.21. The predicted molar refractivity (Wildman–Crippen MR) is 77.1 cm³/mol. The number of rotatable bonds is 7. The largest absolute Gasteiger partial charge is 0.380 e. The normalized spacial score (nSPS) is 11.6. The second kappa shape index (κ2) is 7.77. The third kappa shape index (κ3) is 5.42. The van der Waals surface area contributed by atoms with Crippen molar-refractivity contribution in [2.24, 2.45) is 0 Å². The van der Waals surface area contributed by atoms with Crippen LogP contribution in [0.1, 0.15) is 42.6 Å². The smallest absolute Gasteiger partial charge is 0.264 e. The topological polar surface area (TPSA) is 64.1 Å². The van der Waals surface area contributed by atoms with Crippen molar-refractivity contribution in [1.29, 1.82) is 0 Å². The Kier molecular flexibility index (Phi) is 6.68. The molecule has 0 saturated heterocycles. The van der Waals surface area contributed by atoms with Crippen LogP contribution < -0.4 is 5.32 Å². The lowest BCUT2D eigenvalue weighted by Crippen LogP contribution is -2.27. The molecule has 5 nitrogen and oxygen atoms in total. The molecule has 0 fully saturated rings. The molecule has 1 heterocycles. The number of carbonyl (C=O) groups is 1. The number of nitrogens with one attached hydrogen (secondary N) is 1. The average Bonchev–Trinajstić information content (AvgIpc) is 2.82. The summed E-state index contributed by atoms with van der Waals surface area (Å²) in [5.41, 5.74) is 0.566. The fourth-order valence-electron chi connectivity index (χ4n) is 1.44.